The van der Waals surface area contributed by atoms with Crippen LogP contribution in [0.2, 0.25) is 0 Å². The van der Waals surface area contributed by atoms with Crippen LogP contribution in [-0.2, 0) is 0 Å². The van der Waals surface area contributed by atoms with E-state index in [1.807, 2.05) is 12.1 Å². The van der Waals surface area contributed by atoms with Crippen molar-refractivity contribution >= 4 is 21.8 Å². The van der Waals surface area contributed by atoms with Crippen molar-refractivity contribution in [2.45, 2.75) is 0 Å². The molecule has 0 unspecified atom stereocenters. The molecule has 0 amide bonds. The van der Waals surface area contributed by atoms with Crippen LogP contribution in [0.3, 0.4) is 0 Å². The summed E-state index contributed by atoms with van der Waals surface area (Å²) in [5.74, 6) is 0.905. The van der Waals surface area contributed by atoms with Gasteiger partial charge in [-0.3, -0.25) is 9.98 Å². The maximum absolute atomic E-state index is 4.26. The summed E-state index contributed by atoms with van der Waals surface area (Å²) < 4.78 is 0.991. The third kappa shape index (κ3) is 1.48. The summed E-state index contributed by atoms with van der Waals surface area (Å²) in [5.41, 5.74) is 0.913. The zero-order chi connectivity index (χ0) is 8.39. The Bertz CT molecular complexity index is 305. The van der Waals surface area contributed by atoms with Crippen LogP contribution in [0, 0.1) is 0 Å². The van der Waals surface area contributed by atoms with Crippen LogP contribution in [0.4, 0.5) is 0 Å². The van der Waals surface area contributed by atoms with Crippen molar-refractivity contribution in [3.05, 3.63) is 28.5 Å². The summed E-state index contributed by atoms with van der Waals surface area (Å²) >= 11 is 3.33. The minimum Gasteiger partial charge on any atom is -0.367 e. The molecule has 3 nitrogen and oxygen atoms in total. The molecule has 1 aromatic heterocycles. The minimum atomic E-state index is 0.854. The van der Waals surface area contributed by atoms with Crippen molar-refractivity contribution in [2.75, 3.05) is 13.1 Å². The molecule has 0 saturated carbocycles. The van der Waals surface area contributed by atoms with E-state index in [2.05, 4.69) is 31.2 Å². The summed E-state index contributed by atoms with van der Waals surface area (Å²) in [6, 6.07) is 3.91. The molecule has 0 bridgehead atoms. The van der Waals surface area contributed by atoms with Gasteiger partial charge in [-0.2, -0.15) is 0 Å². The average molecular weight is 226 g/mol. The highest BCUT2D eigenvalue weighted by Crippen LogP contribution is 2.08. The van der Waals surface area contributed by atoms with Gasteiger partial charge in [0.25, 0.3) is 0 Å². The molecule has 1 aliphatic heterocycles. The van der Waals surface area contributed by atoms with Gasteiger partial charge in [0.1, 0.15) is 11.5 Å². The van der Waals surface area contributed by atoms with Gasteiger partial charge in [0, 0.05) is 17.2 Å². The van der Waals surface area contributed by atoms with Gasteiger partial charge in [0.05, 0.1) is 6.54 Å². The van der Waals surface area contributed by atoms with Crippen molar-refractivity contribution in [1.82, 2.24) is 10.3 Å². The van der Waals surface area contributed by atoms with E-state index in [9.17, 15) is 0 Å². The number of aliphatic imine (C=N–C) groups is 1. The van der Waals surface area contributed by atoms with Crippen LogP contribution in [0.5, 0.6) is 0 Å². The largest absolute Gasteiger partial charge is 0.367 e. The number of nitrogens with one attached hydrogen (secondary N) is 1. The van der Waals surface area contributed by atoms with E-state index < -0.39 is 0 Å². The Hall–Kier alpha value is -0.900. The minimum absolute atomic E-state index is 0.854. The van der Waals surface area contributed by atoms with Crippen LogP contribution < -0.4 is 5.32 Å². The Morgan fingerprint density at radius 3 is 2.92 bits per heavy atom. The standard InChI is InChI=1S/C8H8BrN3/c9-6-1-2-7(12-5-6)8-10-3-4-11-8/h1-2,5H,3-4H2,(H,10,11). The first-order valence-corrected chi connectivity index (χ1v) is 4.56. The van der Waals surface area contributed by atoms with E-state index in [0.29, 0.717) is 0 Å². The van der Waals surface area contributed by atoms with E-state index in [1.54, 1.807) is 6.20 Å². The number of hydrogen-bond acceptors (Lipinski definition) is 3. The van der Waals surface area contributed by atoms with Crippen LogP contribution in [0.1, 0.15) is 5.69 Å². The predicted molar refractivity (Wildman–Crippen MR) is 51.3 cm³/mol. The van der Waals surface area contributed by atoms with Gasteiger partial charge in [-0.05, 0) is 28.1 Å². The second kappa shape index (κ2) is 3.23. The Morgan fingerprint density at radius 1 is 1.42 bits per heavy atom. The highest BCUT2D eigenvalue weighted by Gasteiger charge is 2.07. The normalized spacial score (nSPS) is 15.6. The number of rotatable bonds is 1. The lowest BCUT2D eigenvalue weighted by Gasteiger charge is -1.99. The first kappa shape index (κ1) is 7.73. The molecule has 0 spiro atoms. The van der Waals surface area contributed by atoms with Crippen molar-refractivity contribution in [2.24, 2.45) is 4.99 Å². The lowest BCUT2D eigenvalue weighted by atomic mass is 10.3. The second-order valence-electron chi connectivity index (χ2n) is 2.52. The summed E-state index contributed by atoms with van der Waals surface area (Å²) in [5, 5.41) is 3.16. The molecule has 0 fully saturated rings. The lowest BCUT2D eigenvalue weighted by Crippen LogP contribution is -2.20. The van der Waals surface area contributed by atoms with Crippen molar-refractivity contribution in [1.29, 1.82) is 0 Å². The van der Waals surface area contributed by atoms with Gasteiger partial charge in [0.2, 0.25) is 0 Å². The Kier molecular flexibility index (Phi) is 2.08. The molecular formula is C8H8BrN3. The van der Waals surface area contributed by atoms with E-state index in [-0.39, 0.29) is 0 Å². The molecule has 0 aromatic carbocycles. The van der Waals surface area contributed by atoms with Gasteiger partial charge in [-0.25, -0.2) is 0 Å². The monoisotopic (exact) mass is 225 g/mol. The molecule has 0 aliphatic carbocycles. The molecule has 0 atom stereocenters. The van der Waals surface area contributed by atoms with Crippen LogP contribution in [-0.4, -0.2) is 23.9 Å². The number of amidine groups is 1. The number of hydrogen-bond donors (Lipinski definition) is 1. The highest BCUT2D eigenvalue weighted by atomic mass is 79.9. The predicted octanol–water partition coefficient (Wildman–Crippen LogP) is 1.19. The third-order valence-electron chi connectivity index (χ3n) is 1.64. The second-order valence-corrected chi connectivity index (χ2v) is 3.43. The Balaban J connectivity index is 2.28. The molecule has 1 aliphatic rings. The molecule has 0 radical (unpaired) electrons. The summed E-state index contributed by atoms with van der Waals surface area (Å²) in [6.45, 7) is 1.78. The fraction of sp³-hybridized carbons (Fsp3) is 0.250. The fourth-order valence-corrected chi connectivity index (χ4v) is 1.32. The van der Waals surface area contributed by atoms with E-state index >= 15 is 0 Å². The average Bonchev–Trinajstić information content (AvgIpc) is 2.58. The van der Waals surface area contributed by atoms with Gasteiger partial charge in [-0.1, -0.05) is 0 Å². The SMILES string of the molecule is Brc1ccc(C2=NCCN2)nc1. The lowest BCUT2D eigenvalue weighted by molar-refractivity contribution is 0.958. The van der Waals surface area contributed by atoms with Gasteiger partial charge >= 0.3 is 0 Å². The molecule has 62 valence electrons. The van der Waals surface area contributed by atoms with Gasteiger partial charge < -0.3 is 5.32 Å². The van der Waals surface area contributed by atoms with E-state index in [4.69, 9.17) is 0 Å². The summed E-state index contributed by atoms with van der Waals surface area (Å²) in [6.07, 6.45) is 1.78. The van der Waals surface area contributed by atoms with Gasteiger partial charge in [0.15, 0.2) is 0 Å². The first-order chi connectivity index (χ1) is 5.86. The molecule has 1 aromatic rings. The number of halogens is 1. The molecule has 1 N–H and O–H groups in total. The number of aromatic nitrogens is 1. The number of nitrogens with zero attached hydrogens (tertiary/aromatic N) is 2. The van der Waals surface area contributed by atoms with Crippen LogP contribution >= 0.6 is 15.9 Å². The molecule has 2 heterocycles. The van der Waals surface area contributed by atoms with Crippen molar-refractivity contribution in [3.8, 4) is 0 Å². The molecular weight excluding hydrogens is 218 g/mol. The maximum Gasteiger partial charge on any atom is 0.147 e. The Labute approximate surface area is 79.1 Å². The van der Waals surface area contributed by atoms with Gasteiger partial charge in [-0.15, -0.1) is 0 Å². The quantitative estimate of drug-likeness (QED) is 0.780. The highest BCUT2D eigenvalue weighted by molar-refractivity contribution is 9.10. The zero-order valence-corrected chi connectivity index (χ0v) is 8.00. The third-order valence-corrected chi connectivity index (χ3v) is 2.11. The first-order valence-electron chi connectivity index (χ1n) is 3.76. The molecule has 0 saturated heterocycles. The topological polar surface area (TPSA) is 37.3 Å². The van der Waals surface area contributed by atoms with E-state index in [1.165, 1.54) is 0 Å². The molecule has 12 heavy (non-hydrogen) atoms. The number of pyridine rings is 1. The van der Waals surface area contributed by atoms with E-state index in [0.717, 1.165) is 29.1 Å². The Morgan fingerprint density at radius 2 is 2.33 bits per heavy atom. The molecule has 2 rings (SSSR count). The van der Waals surface area contributed by atoms with Crippen LogP contribution in [0.15, 0.2) is 27.8 Å². The zero-order valence-electron chi connectivity index (χ0n) is 6.42. The smallest absolute Gasteiger partial charge is 0.147 e. The summed E-state index contributed by atoms with van der Waals surface area (Å²) in [7, 11) is 0. The summed E-state index contributed by atoms with van der Waals surface area (Å²) in [4.78, 5) is 8.48. The molecule has 4 heteroatoms. The van der Waals surface area contributed by atoms with Crippen molar-refractivity contribution in [3.63, 3.8) is 0 Å². The van der Waals surface area contributed by atoms with Crippen LogP contribution in [0.25, 0.3) is 0 Å². The fourth-order valence-electron chi connectivity index (χ4n) is 1.09. The van der Waals surface area contributed by atoms with Crippen molar-refractivity contribution < 1.29 is 0 Å². The maximum atomic E-state index is 4.26.